The Morgan fingerprint density at radius 3 is 2.53 bits per heavy atom. The van der Waals surface area contributed by atoms with Crippen molar-refractivity contribution >= 4 is 28.6 Å². The SMILES string of the molecule is CN(C)Cc1ccc(N/C(=C2\C(=O)Nc3cc(C#N)ccc32)c2ccc3c(c2)OCCO3)cc1. The summed E-state index contributed by atoms with van der Waals surface area (Å²) < 4.78 is 11.5. The molecule has 2 aliphatic rings. The number of nitrogens with zero attached hydrogens (tertiary/aromatic N) is 2. The molecule has 0 atom stereocenters. The number of nitrogens with one attached hydrogen (secondary N) is 2. The van der Waals surface area contributed by atoms with Crippen LogP contribution in [0.25, 0.3) is 11.3 Å². The molecule has 7 heteroatoms. The van der Waals surface area contributed by atoms with Crippen LogP contribution in [0.5, 0.6) is 11.5 Å². The van der Waals surface area contributed by atoms with E-state index >= 15 is 0 Å². The average Bonchev–Trinajstić information content (AvgIpc) is 3.17. The highest BCUT2D eigenvalue weighted by molar-refractivity contribution is 6.37. The number of fused-ring (bicyclic) bond motifs is 2. The Morgan fingerprint density at radius 2 is 1.79 bits per heavy atom. The third-order valence-corrected chi connectivity index (χ3v) is 5.70. The van der Waals surface area contributed by atoms with Gasteiger partial charge >= 0.3 is 0 Å². The number of hydrogen-bond acceptors (Lipinski definition) is 6. The van der Waals surface area contributed by atoms with Crippen LogP contribution >= 0.6 is 0 Å². The first-order chi connectivity index (χ1) is 16.5. The fourth-order valence-corrected chi connectivity index (χ4v) is 4.17. The molecule has 0 aliphatic carbocycles. The van der Waals surface area contributed by atoms with Crippen LogP contribution in [0.1, 0.15) is 22.3 Å². The lowest BCUT2D eigenvalue weighted by molar-refractivity contribution is -0.110. The van der Waals surface area contributed by atoms with Gasteiger partial charge in [-0.15, -0.1) is 0 Å². The first-order valence-corrected chi connectivity index (χ1v) is 11.0. The number of anilines is 2. The third kappa shape index (κ3) is 4.19. The van der Waals surface area contributed by atoms with Crippen molar-refractivity contribution in [2.24, 2.45) is 0 Å². The molecule has 2 N–H and O–H groups in total. The van der Waals surface area contributed by atoms with E-state index in [9.17, 15) is 10.1 Å². The van der Waals surface area contributed by atoms with Crippen LogP contribution in [0.15, 0.2) is 60.7 Å². The highest BCUT2D eigenvalue weighted by Crippen LogP contribution is 2.40. The summed E-state index contributed by atoms with van der Waals surface area (Å²) in [7, 11) is 4.06. The van der Waals surface area contributed by atoms with Gasteiger partial charge in [0.05, 0.1) is 28.6 Å². The van der Waals surface area contributed by atoms with Crippen LogP contribution < -0.4 is 20.1 Å². The molecule has 0 saturated heterocycles. The summed E-state index contributed by atoms with van der Waals surface area (Å²) in [5, 5.41) is 15.6. The van der Waals surface area contributed by atoms with Gasteiger partial charge in [0.15, 0.2) is 11.5 Å². The lowest BCUT2D eigenvalue weighted by atomic mass is 9.98. The number of hydrogen-bond donors (Lipinski definition) is 2. The summed E-state index contributed by atoms with van der Waals surface area (Å²) in [4.78, 5) is 15.3. The smallest absolute Gasteiger partial charge is 0.258 e. The van der Waals surface area contributed by atoms with Crippen LogP contribution in [0.3, 0.4) is 0 Å². The van der Waals surface area contributed by atoms with E-state index in [0.717, 1.165) is 23.4 Å². The maximum atomic E-state index is 13.1. The van der Waals surface area contributed by atoms with Crippen LogP contribution in [0, 0.1) is 11.3 Å². The van der Waals surface area contributed by atoms with Gasteiger partial charge in [0.2, 0.25) is 0 Å². The second kappa shape index (κ2) is 8.93. The number of rotatable bonds is 5. The molecular formula is C27H24N4O3. The Morgan fingerprint density at radius 1 is 1.03 bits per heavy atom. The van der Waals surface area contributed by atoms with Gasteiger partial charge in [-0.25, -0.2) is 0 Å². The molecule has 0 saturated carbocycles. The minimum Gasteiger partial charge on any atom is -0.486 e. The van der Waals surface area contributed by atoms with Gasteiger partial charge < -0.3 is 25.0 Å². The average molecular weight is 453 g/mol. The van der Waals surface area contributed by atoms with Crippen molar-refractivity contribution in [2.75, 3.05) is 37.9 Å². The van der Waals surface area contributed by atoms with Crippen molar-refractivity contribution in [1.29, 1.82) is 5.26 Å². The molecule has 0 unspecified atom stereocenters. The second-order valence-corrected chi connectivity index (χ2v) is 8.49. The number of carbonyl (C=O) groups is 1. The molecule has 3 aromatic rings. The van der Waals surface area contributed by atoms with Crippen molar-refractivity contribution < 1.29 is 14.3 Å². The Balaban J connectivity index is 1.61. The molecule has 5 rings (SSSR count). The van der Waals surface area contributed by atoms with Gasteiger partial charge in [0.25, 0.3) is 5.91 Å². The fourth-order valence-electron chi connectivity index (χ4n) is 4.17. The molecule has 0 bridgehead atoms. The molecule has 0 radical (unpaired) electrons. The van der Waals surface area contributed by atoms with E-state index in [-0.39, 0.29) is 5.91 Å². The molecule has 3 aromatic carbocycles. The van der Waals surface area contributed by atoms with Crippen molar-refractivity contribution in [2.45, 2.75) is 6.54 Å². The molecule has 2 aliphatic heterocycles. The molecule has 7 nitrogen and oxygen atoms in total. The zero-order valence-corrected chi connectivity index (χ0v) is 19.0. The van der Waals surface area contributed by atoms with Crippen molar-refractivity contribution in [1.82, 2.24) is 4.90 Å². The van der Waals surface area contributed by atoms with Gasteiger partial charge in [-0.05, 0) is 62.1 Å². The van der Waals surface area contributed by atoms with Gasteiger partial charge in [-0.1, -0.05) is 18.2 Å². The Bertz CT molecular complexity index is 1340. The third-order valence-electron chi connectivity index (χ3n) is 5.70. The maximum absolute atomic E-state index is 13.1. The quantitative estimate of drug-likeness (QED) is 0.561. The van der Waals surface area contributed by atoms with Gasteiger partial charge in [0, 0.05) is 23.4 Å². The molecule has 170 valence electrons. The van der Waals surface area contributed by atoms with E-state index in [1.54, 1.807) is 18.2 Å². The second-order valence-electron chi connectivity index (χ2n) is 8.49. The lowest BCUT2D eigenvalue weighted by Gasteiger charge is -2.21. The predicted octanol–water partition coefficient (Wildman–Crippen LogP) is 4.32. The van der Waals surface area contributed by atoms with E-state index in [4.69, 9.17) is 9.47 Å². The van der Waals surface area contributed by atoms with E-state index in [1.807, 2.05) is 44.4 Å². The van der Waals surface area contributed by atoms with Gasteiger partial charge in [-0.3, -0.25) is 4.79 Å². The molecule has 1 amide bonds. The zero-order chi connectivity index (χ0) is 23.7. The summed E-state index contributed by atoms with van der Waals surface area (Å²) in [6.45, 7) is 1.83. The minimum absolute atomic E-state index is 0.230. The van der Waals surface area contributed by atoms with E-state index in [1.165, 1.54) is 5.56 Å². The highest BCUT2D eigenvalue weighted by Gasteiger charge is 2.29. The van der Waals surface area contributed by atoms with E-state index in [2.05, 4.69) is 33.7 Å². The zero-order valence-electron chi connectivity index (χ0n) is 19.0. The molecule has 2 heterocycles. The molecule has 34 heavy (non-hydrogen) atoms. The molecule has 0 spiro atoms. The minimum atomic E-state index is -0.230. The van der Waals surface area contributed by atoms with Crippen LogP contribution in [-0.2, 0) is 11.3 Å². The summed E-state index contributed by atoms with van der Waals surface area (Å²) in [5.74, 6) is 1.09. The highest BCUT2D eigenvalue weighted by atomic mass is 16.6. The van der Waals surface area contributed by atoms with E-state index < -0.39 is 0 Å². The number of carbonyl (C=O) groups excluding carboxylic acids is 1. The Labute approximate surface area is 198 Å². The lowest BCUT2D eigenvalue weighted by Crippen LogP contribution is -2.16. The van der Waals surface area contributed by atoms with Gasteiger partial charge in [-0.2, -0.15) is 5.26 Å². The summed E-state index contributed by atoms with van der Waals surface area (Å²) >= 11 is 0. The standard InChI is InChI=1S/C27H24N4O3/c1-31(2)16-17-3-7-20(8-4-17)29-26(19-6-10-23-24(14-19)34-12-11-33-23)25-21-9-5-18(15-28)13-22(21)30-27(25)32/h3-10,13-14,29H,11-12,16H2,1-2H3,(H,30,32)/b26-25-. The van der Waals surface area contributed by atoms with Crippen molar-refractivity contribution in [3.05, 3.63) is 82.9 Å². The van der Waals surface area contributed by atoms with Crippen LogP contribution in [-0.4, -0.2) is 38.1 Å². The molecular weight excluding hydrogens is 428 g/mol. The topological polar surface area (TPSA) is 86.6 Å². The monoisotopic (exact) mass is 452 g/mol. The molecule has 0 aromatic heterocycles. The number of ether oxygens (including phenoxy) is 2. The van der Waals surface area contributed by atoms with Gasteiger partial charge in [0.1, 0.15) is 13.2 Å². The number of benzene rings is 3. The predicted molar refractivity (Wildman–Crippen MR) is 131 cm³/mol. The van der Waals surface area contributed by atoms with E-state index in [0.29, 0.717) is 47.2 Å². The first kappa shape index (κ1) is 21.6. The first-order valence-electron chi connectivity index (χ1n) is 11.0. The van der Waals surface area contributed by atoms with Crippen LogP contribution in [0.4, 0.5) is 11.4 Å². The summed E-state index contributed by atoms with van der Waals surface area (Å²) in [5.41, 5.74) is 5.86. The number of nitriles is 1. The summed E-state index contributed by atoms with van der Waals surface area (Å²) in [6, 6.07) is 21.1. The Kier molecular flexibility index (Phi) is 5.66. The normalized spacial score (nSPS) is 15.4. The Hall–Kier alpha value is -4.28. The number of amides is 1. The fraction of sp³-hybridized carbons (Fsp3) is 0.185. The maximum Gasteiger partial charge on any atom is 0.258 e. The summed E-state index contributed by atoms with van der Waals surface area (Å²) in [6.07, 6.45) is 0. The van der Waals surface area contributed by atoms with Crippen molar-refractivity contribution in [3.8, 4) is 17.6 Å². The largest absolute Gasteiger partial charge is 0.486 e. The van der Waals surface area contributed by atoms with Crippen LogP contribution in [0.2, 0.25) is 0 Å². The molecule has 0 fully saturated rings. The van der Waals surface area contributed by atoms with Crippen molar-refractivity contribution in [3.63, 3.8) is 0 Å².